The lowest BCUT2D eigenvalue weighted by Gasteiger charge is -2.31. The van der Waals surface area contributed by atoms with E-state index in [1.807, 2.05) is 13.8 Å². The Labute approximate surface area is 493 Å². The second-order valence-electron chi connectivity index (χ2n) is 22.1. The highest BCUT2D eigenvalue weighted by Gasteiger charge is 2.40. The van der Waals surface area contributed by atoms with E-state index in [1.54, 1.807) is 45.0 Å². The first-order chi connectivity index (χ1) is 39.9. The monoisotopic (exact) mass is 1190 g/mol. The Balaban J connectivity index is 1.85. The molecule has 25 nitrogen and oxygen atoms in total. The van der Waals surface area contributed by atoms with E-state index in [-0.39, 0.29) is 56.9 Å². The number of aliphatic hydroxyl groups excluding tert-OH is 2. The number of esters is 1. The molecule has 1 aliphatic heterocycles. The molecule has 1 fully saturated rings. The number of hydrogen-bond donors (Lipinski definition) is 11. The summed E-state index contributed by atoms with van der Waals surface area (Å²) in [5.74, 6) is -10.2. The quantitative estimate of drug-likeness (QED) is 0.0253. The van der Waals surface area contributed by atoms with E-state index in [0.717, 1.165) is 31.2 Å². The molecule has 4 unspecified atom stereocenters. The van der Waals surface area contributed by atoms with Gasteiger partial charge in [-0.3, -0.25) is 52.7 Å². The number of hydrogen-bond acceptors (Lipinski definition) is 15. The Morgan fingerprint density at radius 3 is 1.69 bits per heavy atom. The number of carbonyl (C=O) groups excluding carboxylic acids is 11. The van der Waals surface area contributed by atoms with E-state index in [4.69, 9.17) is 4.74 Å². The van der Waals surface area contributed by atoms with Crippen LogP contribution in [0, 0.1) is 18.8 Å². The predicted molar refractivity (Wildman–Crippen MR) is 310 cm³/mol. The maximum atomic E-state index is 14.0. The van der Waals surface area contributed by atoms with Crippen molar-refractivity contribution in [1.82, 2.24) is 47.4 Å². The van der Waals surface area contributed by atoms with Gasteiger partial charge in [0.1, 0.15) is 36.0 Å². The first-order valence-electron chi connectivity index (χ1n) is 29.8. The van der Waals surface area contributed by atoms with Crippen LogP contribution >= 0.6 is 0 Å². The Morgan fingerprint density at radius 1 is 0.595 bits per heavy atom. The Kier molecular flexibility index (Phi) is 35.0. The van der Waals surface area contributed by atoms with Gasteiger partial charge in [0, 0.05) is 25.8 Å². The molecule has 1 aromatic carbocycles. The van der Waals surface area contributed by atoms with Gasteiger partial charge in [0.2, 0.25) is 53.2 Å². The van der Waals surface area contributed by atoms with Crippen LogP contribution in [0.5, 0.6) is 5.75 Å². The lowest BCUT2D eigenvalue weighted by molar-refractivity contribution is -0.143. The average molecular weight is 1190 g/mol. The largest absolute Gasteiger partial charge is 0.481 e. The topological polar surface area (TPSA) is 374 Å². The van der Waals surface area contributed by atoms with Crippen LogP contribution < -0.4 is 47.3 Å². The first kappa shape index (κ1) is 73.1. The molecule has 0 aliphatic carbocycles. The lowest BCUT2D eigenvalue weighted by Crippen LogP contribution is -2.59. The smallest absolute Gasteiger partial charge is 0.334 e. The molecule has 0 bridgehead atoms. The summed E-state index contributed by atoms with van der Waals surface area (Å²) in [6, 6.07) is 0.179. The van der Waals surface area contributed by atoms with Gasteiger partial charge in [-0.15, -0.1) is 0 Å². The maximum absolute atomic E-state index is 14.0. The number of unbranched alkanes of at least 4 members (excludes halogenated alkanes) is 10. The summed E-state index contributed by atoms with van der Waals surface area (Å²) in [5.41, 5.74) is 0.943. The summed E-state index contributed by atoms with van der Waals surface area (Å²) in [7, 11) is 0. The van der Waals surface area contributed by atoms with Crippen molar-refractivity contribution in [3.8, 4) is 5.75 Å². The number of ether oxygens (including phenoxy) is 1. The molecule has 472 valence electrons. The van der Waals surface area contributed by atoms with Crippen LogP contribution in [0.25, 0.3) is 0 Å². The Morgan fingerprint density at radius 2 is 1.13 bits per heavy atom. The zero-order valence-electron chi connectivity index (χ0n) is 50.3. The van der Waals surface area contributed by atoms with Crippen molar-refractivity contribution < 1.29 is 77.6 Å². The van der Waals surface area contributed by atoms with E-state index in [2.05, 4.69) is 49.5 Å². The minimum Gasteiger partial charge on any atom is -0.481 e. The van der Waals surface area contributed by atoms with Crippen LogP contribution in [0.4, 0.5) is 0 Å². The summed E-state index contributed by atoms with van der Waals surface area (Å²) in [4.78, 5) is 156. The summed E-state index contributed by atoms with van der Waals surface area (Å²) in [6.07, 6.45) is 10.3. The molecular formula is C59H95N9O16. The Bertz CT molecular complexity index is 2320. The zero-order valence-corrected chi connectivity index (χ0v) is 50.3. The van der Waals surface area contributed by atoms with Crippen LogP contribution in [0.2, 0.25) is 0 Å². The van der Waals surface area contributed by atoms with Crippen LogP contribution in [0.3, 0.4) is 0 Å². The van der Waals surface area contributed by atoms with Gasteiger partial charge >= 0.3 is 11.9 Å². The second kappa shape index (κ2) is 40.3. The third-order valence-corrected chi connectivity index (χ3v) is 14.4. The number of rotatable bonds is 42. The van der Waals surface area contributed by atoms with E-state index in [9.17, 15) is 72.9 Å². The number of aliphatic carboxylic acids is 1. The highest BCUT2D eigenvalue weighted by molar-refractivity contribution is 5.97. The van der Waals surface area contributed by atoms with Crippen molar-refractivity contribution in [3.05, 3.63) is 29.8 Å². The summed E-state index contributed by atoms with van der Waals surface area (Å²) >= 11 is 0. The molecule has 0 radical (unpaired) electrons. The number of Topliss-reactive ketones (excluding diaryl/α,β-unsaturated/α-hetero) is 1. The van der Waals surface area contributed by atoms with Crippen LogP contribution in [0.1, 0.15) is 176 Å². The molecule has 11 N–H and O–H groups in total. The number of aryl methyl sites for hydroxylation is 1. The molecule has 1 aromatic rings. The highest BCUT2D eigenvalue weighted by Crippen LogP contribution is 2.22. The molecule has 2 rings (SSSR count). The lowest BCUT2D eigenvalue weighted by atomic mass is 9.99. The van der Waals surface area contributed by atoms with Crippen molar-refractivity contribution >= 4 is 70.9 Å². The van der Waals surface area contributed by atoms with Crippen molar-refractivity contribution in [2.75, 3.05) is 32.7 Å². The number of aliphatic hydroxyl groups is 2. The number of carbonyl (C=O) groups is 12. The zero-order chi connectivity index (χ0) is 62.7. The van der Waals surface area contributed by atoms with Crippen molar-refractivity contribution in [2.45, 2.75) is 219 Å². The maximum Gasteiger partial charge on any atom is 0.334 e. The fourth-order valence-corrected chi connectivity index (χ4v) is 9.14. The molecule has 25 heteroatoms. The average Bonchev–Trinajstić information content (AvgIpc) is 4.11. The van der Waals surface area contributed by atoms with Crippen LogP contribution in [-0.4, -0.2) is 166 Å². The van der Waals surface area contributed by atoms with Crippen molar-refractivity contribution in [2.24, 2.45) is 11.8 Å². The fourth-order valence-electron chi connectivity index (χ4n) is 9.14. The van der Waals surface area contributed by atoms with Crippen molar-refractivity contribution in [1.29, 1.82) is 0 Å². The van der Waals surface area contributed by atoms with Crippen molar-refractivity contribution in [3.63, 3.8) is 0 Å². The van der Waals surface area contributed by atoms with Gasteiger partial charge < -0.3 is 67.5 Å². The van der Waals surface area contributed by atoms with E-state index in [0.29, 0.717) is 19.3 Å². The minimum absolute atomic E-state index is 0.0721. The number of ketones is 1. The molecule has 9 amide bonds. The minimum atomic E-state index is -1.60. The summed E-state index contributed by atoms with van der Waals surface area (Å²) in [5, 5.41) is 49.4. The molecule has 1 saturated heterocycles. The van der Waals surface area contributed by atoms with E-state index >= 15 is 0 Å². The van der Waals surface area contributed by atoms with Gasteiger partial charge in [0.25, 0.3) is 0 Å². The summed E-state index contributed by atoms with van der Waals surface area (Å²) in [6.45, 7) is 9.77. The third kappa shape index (κ3) is 29.5. The SMILES string of the molecule is CCCCCCCCCCCCCC(O)CC(=O)NCC(=O)CCC(=O)NCC(=O)N[C@H](C(=O)NCC(=O)N[C@H](C(=O)N1CCCC1C(=O)N[C@@H](CCC(=O)O)C(=O)NCC(=O)N[C@H](C(=O)Oc1ccc(C)cc1)C(C)CC)C(C)C)C(C)O. The number of nitrogens with zero attached hydrogens (tertiary/aromatic N) is 1. The third-order valence-electron chi connectivity index (χ3n) is 14.4. The predicted octanol–water partition coefficient (Wildman–Crippen LogP) is 2.04. The fraction of sp³-hybridized carbons (Fsp3) is 0.695. The standard InChI is InChI=1S/C59H95N9O16/c1-8-10-11-12-13-14-15-16-17-18-19-21-41(70)32-47(73)60-33-42(71)25-29-46(72)61-34-48(74)67-54(40(7)69)57(81)63-36-49(75)65-52(37(3)4)58(82)68-31-20-22-45(68)56(80)64-44(28-30-51(77)78)55(79)62-35-50(76)66-53(39(6)9-2)59(83)84-43-26-23-38(5)24-27-43/h23-24,26-27,37,39-41,44-45,52-54,69-70H,8-22,25,28-36H2,1-7H3,(H,60,73)(H,61,72)(H,62,79)(H,63,81)(H,64,80)(H,65,75)(H,66,76)(H,67,74)(H,77,78)/t39?,40?,41?,44-,45?,52-,53-,54-/m0/s1. The number of benzene rings is 1. The van der Waals surface area contributed by atoms with Gasteiger partial charge in [-0.2, -0.15) is 0 Å². The number of carboxylic acids is 1. The summed E-state index contributed by atoms with van der Waals surface area (Å²) < 4.78 is 5.48. The van der Waals surface area contributed by atoms with Gasteiger partial charge in [-0.1, -0.05) is 129 Å². The highest BCUT2D eigenvalue weighted by atomic mass is 16.5. The molecule has 0 saturated carbocycles. The number of carboxylic acid groups (broad SMARTS) is 1. The van der Waals surface area contributed by atoms with Gasteiger partial charge in [0.05, 0.1) is 44.8 Å². The van der Waals surface area contributed by atoms with E-state index < -0.39 is 145 Å². The van der Waals surface area contributed by atoms with E-state index in [1.165, 1.54) is 56.8 Å². The Hall–Kier alpha value is -7.02. The molecular weight excluding hydrogens is 1090 g/mol. The van der Waals surface area contributed by atoms with Gasteiger partial charge in [0.15, 0.2) is 5.78 Å². The first-order valence-corrected chi connectivity index (χ1v) is 29.8. The molecule has 1 heterocycles. The van der Waals surface area contributed by atoms with Crippen LogP contribution in [-0.2, 0) is 57.5 Å². The molecule has 1 aliphatic rings. The van der Waals surface area contributed by atoms with Gasteiger partial charge in [-0.05, 0) is 63.5 Å². The molecule has 0 aromatic heterocycles. The second-order valence-corrected chi connectivity index (χ2v) is 22.1. The normalized spacial score (nSPS) is 15.4. The van der Waals surface area contributed by atoms with Crippen LogP contribution in [0.15, 0.2) is 24.3 Å². The van der Waals surface area contributed by atoms with Gasteiger partial charge in [-0.25, -0.2) is 4.79 Å². The molecule has 8 atom stereocenters. The number of likely N-dealkylation sites (tertiary alicyclic amines) is 1. The molecule has 84 heavy (non-hydrogen) atoms. The number of nitrogens with one attached hydrogen (secondary N) is 8. The molecule has 0 spiro atoms. The number of amides is 9.